The van der Waals surface area contributed by atoms with E-state index < -0.39 is 5.97 Å². The van der Waals surface area contributed by atoms with Crippen molar-refractivity contribution < 1.29 is 28.8 Å². The van der Waals surface area contributed by atoms with Crippen LogP contribution in [-0.2, 0) is 14.2 Å². The van der Waals surface area contributed by atoms with Crippen molar-refractivity contribution in [3.63, 3.8) is 0 Å². The van der Waals surface area contributed by atoms with Crippen molar-refractivity contribution >= 4 is 21.9 Å². The van der Waals surface area contributed by atoms with Crippen LogP contribution in [0.3, 0.4) is 0 Å². The number of carboxylic acids is 1. The molecular weight excluding hydrogens is 344 g/mol. The molecular formula is C14H19BrO6. The minimum absolute atomic E-state index is 0.201. The second-order valence-electron chi connectivity index (χ2n) is 4.01. The number of hydrogen-bond donors (Lipinski definition) is 1. The van der Waals surface area contributed by atoms with Crippen LogP contribution in [-0.4, -0.2) is 57.8 Å². The Labute approximate surface area is 132 Å². The first kappa shape index (κ1) is 17.9. The van der Waals surface area contributed by atoms with Crippen molar-refractivity contribution in [3.8, 4) is 5.75 Å². The van der Waals surface area contributed by atoms with Gasteiger partial charge in [0.1, 0.15) is 12.4 Å². The maximum Gasteiger partial charge on any atom is 0.336 e. The molecule has 0 heterocycles. The fourth-order valence-corrected chi connectivity index (χ4v) is 1.97. The number of rotatable bonds is 11. The zero-order chi connectivity index (χ0) is 15.5. The topological polar surface area (TPSA) is 74.2 Å². The Balaban J connectivity index is 2.13. The lowest BCUT2D eigenvalue weighted by Gasteiger charge is -2.09. The summed E-state index contributed by atoms with van der Waals surface area (Å²) in [7, 11) is 1.62. The lowest BCUT2D eigenvalue weighted by Crippen LogP contribution is -2.12. The minimum atomic E-state index is -0.981. The molecule has 1 aromatic rings. The second kappa shape index (κ2) is 10.6. The fraction of sp³-hybridized carbons (Fsp3) is 0.500. The third-order valence-electron chi connectivity index (χ3n) is 2.47. The Kier molecular flexibility index (Phi) is 9.00. The van der Waals surface area contributed by atoms with E-state index in [-0.39, 0.29) is 5.56 Å². The molecule has 1 aromatic carbocycles. The molecule has 0 amide bonds. The maximum atomic E-state index is 10.8. The Morgan fingerprint density at radius 3 is 2.29 bits per heavy atom. The van der Waals surface area contributed by atoms with Gasteiger partial charge in [0.2, 0.25) is 0 Å². The van der Waals surface area contributed by atoms with Crippen LogP contribution in [0.15, 0.2) is 22.7 Å². The monoisotopic (exact) mass is 362 g/mol. The summed E-state index contributed by atoms with van der Waals surface area (Å²) in [6.45, 7) is 2.96. The normalized spacial score (nSPS) is 10.6. The largest absolute Gasteiger partial charge is 0.491 e. The van der Waals surface area contributed by atoms with Gasteiger partial charge in [-0.1, -0.05) is 0 Å². The van der Waals surface area contributed by atoms with Gasteiger partial charge in [-0.2, -0.15) is 0 Å². The zero-order valence-electron chi connectivity index (χ0n) is 11.8. The van der Waals surface area contributed by atoms with Crippen LogP contribution in [0.25, 0.3) is 0 Å². The zero-order valence-corrected chi connectivity index (χ0v) is 13.4. The molecule has 0 aliphatic carbocycles. The van der Waals surface area contributed by atoms with Gasteiger partial charge >= 0.3 is 5.97 Å². The van der Waals surface area contributed by atoms with Gasteiger partial charge in [-0.15, -0.1) is 0 Å². The lowest BCUT2D eigenvalue weighted by molar-refractivity contribution is 0.0179. The van der Waals surface area contributed by atoms with E-state index in [9.17, 15) is 4.79 Å². The van der Waals surface area contributed by atoms with E-state index in [0.717, 1.165) is 0 Å². The molecule has 0 saturated carbocycles. The molecule has 0 fully saturated rings. The third-order valence-corrected chi connectivity index (χ3v) is 3.13. The van der Waals surface area contributed by atoms with Gasteiger partial charge < -0.3 is 24.1 Å². The highest BCUT2D eigenvalue weighted by Crippen LogP contribution is 2.23. The van der Waals surface area contributed by atoms with Gasteiger partial charge in [0.25, 0.3) is 0 Å². The first-order valence-corrected chi connectivity index (χ1v) is 7.24. The predicted octanol–water partition coefficient (Wildman–Crippen LogP) is 2.21. The van der Waals surface area contributed by atoms with Crippen LogP contribution in [0, 0.1) is 0 Å². The Morgan fingerprint density at radius 1 is 1.10 bits per heavy atom. The quantitative estimate of drug-likeness (QED) is 0.608. The van der Waals surface area contributed by atoms with E-state index in [0.29, 0.717) is 49.9 Å². The summed E-state index contributed by atoms with van der Waals surface area (Å²) in [6, 6.07) is 4.73. The van der Waals surface area contributed by atoms with Crippen LogP contribution >= 0.6 is 15.9 Å². The van der Waals surface area contributed by atoms with Crippen molar-refractivity contribution in [2.24, 2.45) is 0 Å². The SMILES string of the molecule is COCCOCCOCCOc1ccc(C(=O)O)c(Br)c1. The Morgan fingerprint density at radius 2 is 1.71 bits per heavy atom. The molecule has 0 saturated heterocycles. The van der Waals surface area contributed by atoms with E-state index in [1.54, 1.807) is 19.2 Å². The van der Waals surface area contributed by atoms with Crippen molar-refractivity contribution in [3.05, 3.63) is 28.2 Å². The summed E-state index contributed by atoms with van der Waals surface area (Å²) in [5.74, 6) is -0.392. The lowest BCUT2D eigenvalue weighted by atomic mass is 10.2. The Hall–Kier alpha value is -1.15. The molecule has 0 spiro atoms. The van der Waals surface area contributed by atoms with Crippen molar-refractivity contribution in [1.82, 2.24) is 0 Å². The molecule has 1 rings (SSSR count). The number of carbonyl (C=O) groups is 1. The minimum Gasteiger partial charge on any atom is -0.491 e. The molecule has 7 heteroatoms. The summed E-state index contributed by atoms with van der Waals surface area (Å²) < 4.78 is 21.4. The number of halogens is 1. The molecule has 0 atom stereocenters. The number of methoxy groups -OCH3 is 1. The predicted molar refractivity (Wildman–Crippen MR) is 80.1 cm³/mol. The van der Waals surface area contributed by atoms with E-state index in [4.69, 9.17) is 24.1 Å². The summed E-state index contributed by atoms with van der Waals surface area (Å²) in [4.78, 5) is 10.8. The van der Waals surface area contributed by atoms with E-state index >= 15 is 0 Å². The smallest absolute Gasteiger partial charge is 0.336 e. The van der Waals surface area contributed by atoms with Crippen molar-refractivity contribution in [2.75, 3.05) is 46.8 Å². The van der Waals surface area contributed by atoms with Gasteiger partial charge in [0, 0.05) is 11.6 Å². The first-order chi connectivity index (χ1) is 10.1. The van der Waals surface area contributed by atoms with Crippen LogP contribution in [0.2, 0.25) is 0 Å². The standard InChI is InChI=1S/C14H19BrO6/c1-18-4-5-19-6-7-20-8-9-21-11-2-3-12(14(16)17)13(15)10-11/h2-3,10H,4-9H2,1H3,(H,16,17). The molecule has 6 nitrogen and oxygen atoms in total. The molecule has 0 aliphatic heterocycles. The van der Waals surface area contributed by atoms with Crippen LogP contribution in [0.4, 0.5) is 0 Å². The van der Waals surface area contributed by atoms with Gasteiger partial charge in [-0.25, -0.2) is 4.79 Å². The highest BCUT2D eigenvalue weighted by Gasteiger charge is 2.08. The fourth-order valence-electron chi connectivity index (χ4n) is 1.44. The summed E-state index contributed by atoms with van der Waals surface area (Å²) in [6.07, 6.45) is 0. The highest BCUT2D eigenvalue weighted by molar-refractivity contribution is 9.10. The molecule has 0 radical (unpaired) electrons. The van der Waals surface area contributed by atoms with Crippen molar-refractivity contribution in [2.45, 2.75) is 0 Å². The van der Waals surface area contributed by atoms with E-state index in [1.165, 1.54) is 6.07 Å². The number of ether oxygens (including phenoxy) is 4. The van der Waals surface area contributed by atoms with Gasteiger partial charge in [0.15, 0.2) is 0 Å². The Bertz CT molecular complexity index is 437. The number of aromatic carboxylic acids is 1. The summed E-state index contributed by atoms with van der Waals surface area (Å²) in [5, 5.41) is 8.90. The number of hydrogen-bond acceptors (Lipinski definition) is 5. The van der Waals surface area contributed by atoms with Crippen molar-refractivity contribution in [1.29, 1.82) is 0 Å². The summed E-state index contributed by atoms with van der Waals surface area (Å²) >= 11 is 3.19. The number of benzene rings is 1. The molecule has 0 aliphatic rings. The average molecular weight is 363 g/mol. The maximum absolute atomic E-state index is 10.8. The molecule has 1 N–H and O–H groups in total. The van der Waals surface area contributed by atoms with Gasteiger partial charge in [-0.3, -0.25) is 0 Å². The molecule has 0 bridgehead atoms. The molecule has 0 unspecified atom stereocenters. The van der Waals surface area contributed by atoms with E-state index in [2.05, 4.69) is 15.9 Å². The van der Waals surface area contributed by atoms with Crippen LogP contribution in [0.1, 0.15) is 10.4 Å². The van der Waals surface area contributed by atoms with Crippen LogP contribution in [0.5, 0.6) is 5.75 Å². The molecule has 118 valence electrons. The van der Waals surface area contributed by atoms with E-state index in [1.807, 2.05) is 0 Å². The van der Waals surface area contributed by atoms with Gasteiger partial charge in [0.05, 0.1) is 38.6 Å². The highest BCUT2D eigenvalue weighted by atomic mass is 79.9. The molecule has 0 aromatic heterocycles. The van der Waals surface area contributed by atoms with Gasteiger partial charge in [-0.05, 0) is 34.1 Å². The number of carboxylic acid groups (broad SMARTS) is 1. The van der Waals surface area contributed by atoms with Crippen LogP contribution < -0.4 is 4.74 Å². The third kappa shape index (κ3) is 7.42. The molecule has 21 heavy (non-hydrogen) atoms. The summed E-state index contributed by atoms with van der Waals surface area (Å²) in [5.41, 5.74) is 0.201. The average Bonchev–Trinajstić information content (AvgIpc) is 2.45. The second-order valence-corrected chi connectivity index (χ2v) is 4.87. The first-order valence-electron chi connectivity index (χ1n) is 6.45.